The number of carbonyl (C=O) groups excluding carboxylic acids is 2. The summed E-state index contributed by atoms with van der Waals surface area (Å²) in [6, 6.07) is 7.98. The van der Waals surface area contributed by atoms with Crippen molar-refractivity contribution in [3.63, 3.8) is 0 Å². The first-order valence-corrected chi connectivity index (χ1v) is 11.7. The zero-order chi connectivity index (χ0) is 21.3. The van der Waals surface area contributed by atoms with Crippen molar-refractivity contribution in [3.8, 4) is 5.75 Å². The molecule has 1 aliphatic heterocycles. The summed E-state index contributed by atoms with van der Waals surface area (Å²) in [7, 11) is 0. The van der Waals surface area contributed by atoms with Crippen molar-refractivity contribution >= 4 is 11.9 Å². The van der Waals surface area contributed by atoms with Crippen molar-refractivity contribution in [1.82, 2.24) is 15.1 Å². The smallest absolute Gasteiger partial charge is 0.317 e. The number of nitrogens with zero attached hydrogens (tertiary/aromatic N) is 2. The molecular formula is C24H37N3O3. The molecule has 0 spiro atoms. The van der Waals surface area contributed by atoms with Crippen LogP contribution in [0.3, 0.4) is 0 Å². The zero-order valence-electron chi connectivity index (χ0n) is 18.6. The second-order valence-corrected chi connectivity index (χ2v) is 8.46. The minimum absolute atomic E-state index is 0.0440. The molecule has 2 aliphatic rings. The maximum Gasteiger partial charge on any atom is 0.317 e. The van der Waals surface area contributed by atoms with Gasteiger partial charge in [0.05, 0.1) is 6.10 Å². The highest BCUT2D eigenvalue weighted by atomic mass is 16.5. The van der Waals surface area contributed by atoms with Crippen LogP contribution in [0, 0.1) is 5.92 Å². The zero-order valence-corrected chi connectivity index (χ0v) is 18.6. The topological polar surface area (TPSA) is 61.9 Å². The second-order valence-electron chi connectivity index (χ2n) is 8.46. The van der Waals surface area contributed by atoms with Crippen molar-refractivity contribution < 1.29 is 14.3 Å². The summed E-state index contributed by atoms with van der Waals surface area (Å²) in [5, 5.41) is 3.02. The highest BCUT2D eigenvalue weighted by Gasteiger charge is 2.29. The second kappa shape index (κ2) is 11.2. The number of nitrogens with one attached hydrogen (secondary N) is 1. The molecule has 6 nitrogen and oxygen atoms in total. The molecule has 30 heavy (non-hydrogen) atoms. The van der Waals surface area contributed by atoms with Gasteiger partial charge < -0.3 is 19.9 Å². The van der Waals surface area contributed by atoms with Crippen LogP contribution in [0.4, 0.5) is 4.79 Å². The van der Waals surface area contributed by atoms with Gasteiger partial charge in [-0.3, -0.25) is 4.79 Å². The molecule has 2 fully saturated rings. The van der Waals surface area contributed by atoms with Crippen LogP contribution in [0.15, 0.2) is 24.3 Å². The highest BCUT2D eigenvalue weighted by molar-refractivity contribution is 5.79. The molecule has 1 saturated carbocycles. The fourth-order valence-corrected chi connectivity index (χ4v) is 4.52. The van der Waals surface area contributed by atoms with Gasteiger partial charge in [-0.25, -0.2) is 4.79 Å². The van der Waals surface area contributed by atoms with E-state index in [1.165, 1.54) is 19.3 Å². The molecule has 1 aliphatic carbocycles. The van der Waals surface area contributed by atoms with E-state index < -0.39 is 0 Å². The van der Waals surface area contributed by atoms with Crippen molar-refractivity contribution in [1.29, 1.82) is 0 Å². The van der Waals surface area contributed by atoms with Crippen molar-refractivity contribution in [3.05, 3.63) is 29.8 Å². The number of benzene rings is 1. The van der Waals surface area contributed by atoms with E-state index in [0.29, 0.717) is 25.7 Å². The average molecular weight is 416 g/mol. The molecule has 3 amide bonds. The van der Waals surface area contributed by atoms with Crippen LogP contribution in [0.5, 0.6) is 5.75 Å². The maximum absolute atomic E-state index is 12.6. The molecule has 0 atom stereocenters. The molecule has 1 aromatic carbocycles. The maximum atomic E-state index is 12.6. The average Bonchev–Trinajstić information content (AvgIpc) is 2.79. The van der Waals surface area contributed by atoms with E-state index in [0.717, 1.165) is 50.1 Å². The van der Waals surface area contributed by atoms with Gasteiger partial charge in [0.15, 0.2) is 0 Å². The Morgan fingerprint density at radius 2 is 1.77 bits per heavy atom. The third kappa shape index (κ3) is 6.13. The van der Waals surface area contributed by atoms with Gasteiger partial charge >= 0.3 is 6.03 Å². The fraction of sp³-hybridized carbons (Fsp3) is 0.667. The number of piperidine rings is 1. The first-order chi connectivity index (χ1) is 14.6. The van der Waals surface area contributed by atoms with E-state index in [9.17, 15) is 9.59 Å². The Morgan fingerprint density at radius 1 is 1.07 bits per heavy atom. The molecule has 1 heterocycles. The van der Waals surface area contributed by atoms with Gasteiger partial charge in [0.25, 0.3) is 0 Å². The number of amides is 3. The molecule has 0 bridgehead atoms. The summed E-state index contributed by atoms with van der Waals surface area (Å²) in [4.78, 5) is 28.8. The lowest BCUT2D eigenvalue weighted by atomic mass is 9.95. The number of ether oxygens (including phenoxy) is 1. The minimum atomic E-state index is -0.0534. The lowest BCUT2D eigenvalue weighted by Crippen LogP contribution is -2.47. The Balaban J connectivity index is 1.43. The Hall–Kier alpha value is -2.24. The van der Waals surface area contributed by atoms with Crippen LogP contribution >= 0.6 is 0 Å². The van der Waals surface area contributed by atoms with Gasteiger partial charge in [0, 0.05) is 38.6 Å². The standard InChI is InChI=1S/C24H37N3O3/c1-3-26(4-2)23(28)20-13-15-27(16-14-20)24(29)25-18-19-9-8-12-22(17-19)30-21-10-6-5-7-11-21/h8-9,12,17,20-21H,3-7,10-11,13-16,18H2,1-2H3,(H,25,29). The number of likely N-dealkylation sites (tertiary alicyclic amines) is 1. The van der Waals surface area contributed by atoms with Gasteiger partial charge in [-0.1, -0.05) is 18.6 Å². The van der Waals surface area contributed by atoms with E-state index in [-0.39, 0.29) is 17.9 Å². The number of hydrogen-bond donors (Lipinski definition) is 1. The summed E-state index contributed by atoms with van der Waals surface area (Å²) in [5.41, 5.74) is 1.04. The first kappa shape index (κ1) is 22.4. The van der Waals surface area contributed by atoms with Gasteiger partial charge in [0.2, 0.25) is 5.91 Å². The van der Waals surface area contributed by atoms with E-state index in [2.05, 4.69) is 5.32 Å². The Kier molecular flexibility index (Phi) is 8.40. The number of urea groups is 1. The van der Waals surface area contributed by atoms with E-state index in [4.69, 9.17) is 4.74 Å². The Morgan fingerprint density at radius 3 is 2.43 bits per heavy atom. The molecule has 6 heteroatoms. The van der Waals surface area contributed by atoms with Crippen molar-refractivity contribution in [2.45, 2.75) is 71.4 Å². The van der Waals surface area contributed by atoms with Crippen LogP contribution in [-0.2, 0) is 11.3 Å². The van der Waals surface area contributed by atoms with E-state index >= 15 is 0 Å². The summed E-state index contributed by atoms with van der Waals surface area (Å²) in [6.45, 7) is 7.28. The number of carbonyl (C=O) groups is 2. The van der Waals surface area contributed by atoms with Gasteiger partial charge in [-0.05, 0) is 70.1 Å². The lowest BCUT2D eigenvalue weighted by molar-refractivity contribution is -0.136. The molecule has 0 unspecified atom stereocenters. The van der Waals surface area contributed by atoms with E-state index in [1.807, 2.05) is 47.9 Å². The quantitative estimate of drug-likeness (QED) is 0.726. The summed E-state index contributed by atoms with van der Waals surface area (Å²) in [6.07, 6.45) is 7.88. The predicted molar refractivity (Wildman–Crippen MR) is 118 cm³/mol. The largest absolute Gasteiger partial charge is 0.490 e. The SMILES string of the molecule is CCN(CC)C(=O)C1CCN(C(=O)NCc2cccc(OC3CCCCC3)c2)CC1. The Labute approximate surface area is 180 Å². The van der Waals surface area contributed by atoms with Gasteiger partial charge in [-0.2, -0.15) is 0 Å². The van der Waals surface area contributed by atoms with Gasteiger partial charge in [0.1, 0.15) is 5.75 Å². The van der Waals surface area contributed by atoms with Crippen LogP contribution < -0.4 is 10.1 Å². The molecule has 3 rings (SSSR count). The van der Waals surface area contributed by atoms with Crippen molar-refractivity contribution in [2.75, 3.05) is 26.2 Å². The van der Waals surface area contributed by atoms with Crippen LogP contribution in [-0.4, -0.2) is 54.0 Å². The summed E-state index contributed by atoms with van der Waals surface area (Å²) >= 11 is 0. The van der Waals surface area contributed by atoms with E-state index in [1.54, 1.807) is 0 Å². The molecule has 1 aromatic rings. The monoisotopic (exact) mass is 415 g/mol. The number of hydrogen-bond acceptors (Lipinski definition) is 3. The van der Waals surface area contributed by atoms with Crippen LogP contribution in [0.1, 0.15) is 64.4 Å². The predicted octanol–water partition coefficient (Wildman–Crippen LogP) is 4.19. The number of rotatable bonds is 7. The molecule has 166 valence electrons. The first-order valence-electron chi connectivity index (χ1n) is 11.7. The third-order valence-corrected chi connectivity index (χ3v) is 6.40. The molecule has 0 aromatic heterocycles. The summed E-state index contributed by atoms with van der Waals surface area (Å²) in [5.74, 6) is 1.17. The minimum Gasteiger partial charge on any atom is -0.490 e. The highest BCUT2D eigenvalue weighted by Crippen LogP contribution is 2.24. The van der Waals surface area contributed by atoms with Crippen molar-refractivity contribution in [2.24, 2.45) is 5.92 Å². The normalized spacial score (nSPS) is 18.1. The molecule has 1 N–H and O–H groups in total. The van der Waals surface area contributed by atoms with Crippen LogP contribution in [0.25, 0.3) is 0 Å². The summed E-state index contributed by atoms with van der Waals surface area (Å²) < 4.78 is 6.13. The third-order valence-electron chi connectivity index (χ3n) is 6.40. The lowest BCUT2D eigenvalue weighted by Gasteiger charge is -2.33. The fourth-order valence-electron chi connectivity index (χ4n) is 4.52. The molecule has 0 radical (unpaired) electrons. The Bertz CT molecular complexity index is 691. The molecule has 1 saturated heterocycles. The molecular weight excluding hydrogens is 378 g/mol. The van der Waals surface area contributed by atoms with Gasteiger partial charge in [-0.15, -0.1) is 0 Å². The van der Waals surface area contributed by atoms with Crippen LogP contribution in [0.2, 0.25) is 0 Å².